The molecule has 1 fully saturated rings. The van der Waals surface area contributed by atoms with Crippen molar-refractivity contribution < 1.29 is 9.53 Å². The van der Waals surface area contributed by atoms with E-state index in [-0.39, 0.29) is 18.3 Å². The molecule has 1 aliphatic rings. The largest absolute Gasteiger partial charge is 0.359 e. The standard InChI is InChI=1S/C15H15ClIN3O2/c1-15(2)7-22-9-20(15)14(21)19-8-18-12(13(19)16)10-3-5-11(17)6-4-10/h3-6,8H,7,9H2,1-2H3. The third-order valence-corrected chi connectivity index (χ3v) is 4.75. The Hall–Kier alpha value is -1.12. The molecule has 1 amide bonds. The SMILES string of the molecule is CC1(C)COCN1C(=O)n1cnc(-c2ccc(I)cc2)c1Cl. The average Bonchev–Trinajstić information content (AvgIpc) is 3.02. The first-order chi connectivity index (χ1) is 10.4. The molecule has 1 saturated heterocycles. The Balaban J connectivity index is 1.93. The van der Waals surface area contributed by atoms with Gasteiger partial charge < -0.3 is 4.74 Å². The van der Waals surface area contributed by atoms with E-state index < -0.39 is 0 Å². The van der Waals surface area contributed by atoms with Crippen molar-refractivity contribution in [3.05, 3.63) is 39.3 Å². The zero-order valence-corrected chi connectivity index (χ0v) is 15.1. The molecule has 7 heteroatoms. The molecule has 116 valence electrons. The summed E-state index contributed by atoms with van der Waals surface area (Å²) >= 11 is 8.61. The predicted octanol–water partition coefficient (Wildman–Crippen LogP) is 3.84. The van der Waals surface area contributed by atoms with E-state index in [0.717, 1.165) is 9.13 Å². The third-order valence-electron chi connectivity index (χ3n) is 3.67. The zero-order chi connectivity index (χ0) is 15.9. The van der Waals surface area contributed by atoms with Gasteiger partial charge in [-0.2, -0.15) is 0 Å². The molecule has 0 unspecified atom stereocenters. The maximum absolute atomic E-state index is 12.7. The molecule has 0 aliphatic carbocycles. The molecule has 3 rings (SSSR count). The number of imidazole rings is 1. The molecule has 0 spiro atoms. The lowest BCUT2D eigenvalue weighted by molar-refractivity contribution is 0.140. The highest BCUT2D eigenvalue weighted by Crippen LogP contribution is 2.29. The van der Waals surface area contributed by atoms with Crippen LogP contribution in [-0.2, 0) is 4.74 Å². The van der Waals surface area contributed by atoms with Crippen molar-refractivity contribution in [3.63, 3.8) is 0 Å². The quantitative estimate of drug-likeness (QED) is 0.645. The summed E-state index contributed by atoms with van der Waals surface area (Å²) in [5.74, 6) is 0. The van der Waals surface area contributed by atoms with E-state index in [0.29, 0.717) is 17.5 Å². The van der Waals surface area contributed by atoms with E-state index in [9.17, 15) is 4.79 Å². The lowest BCUT2D eigenvalue weighted by Gasteiger charge is -2.28. The minimum atomic E-state index is -0.353. The molecule has 0 saturated carbocycles. The summed E-state index contributed by atoms with van der Waals surface area (Å²) in [6.07, 6.45) is 1.46. The van der Waals surface area contributed by atoms with Gasteiger partial charge in [0.1, 0.15) is 23.9 Å². The van der Waals surface area contributed by atoms with E-state index in [1.165, 1.54) is 10.9 Å². The number of carbonyl (C=O) groups excluding carboxylic acids is 1. The van der Waals surface area contributed by atoms with E-state index in [1.807, 2.05) is 38.1 Å². The summed E-state index contributed by atoms with van der Waals surface area (Å²) in [4.78, 5) is 18.6. The van der Waals surface area contributed by atoms with Crippen LogP contribution in [0.4, 0.5) is 4.79 Å². The number of aromatic nitrogens is 2. The molecule has 1 aromatic carbocycles. The Labute approximate surface area is 147 Å². The van der Waals surface area contributed by atoms with E-state index in [2.05, 4.69) is 27.6 Å². The lowest BCUT2D eigenvalue weighted by Crippen LogP contribution is -2.46. The van der Waals surface area contributed by atoms with Crippen molar-refractivity contribution in [3.8, 4) is 11.3 Å². The Morgan fingerprint density at radius 2 is 2.05 bits per heavy atom. The van der Waals surface area contributed by atoms with Gasteiger partial charge in [-0.05, 0) is 48.6 Å². The molecular weight excluding hydrogens is 417 g/mol. The molecular formula is C15H15ClIN3O2. The summed E-state index contributed by atoms with van der Waals surface area (Å²) in [5.41, 5.74) is 1.13. The van der Waals surface area contributed by atoms with Crippen LogP contribution in [0.1, 0.15) is 13.8 Å². The summed E-state index contributed by atoms with van der Waals surface area (Å²) in [5, 5.41) is 0.314. The number of nitrogens with zero attached hydrogens (tertiary/aromatic N) is 3. The summed E-state index contributed by atoms with van der Waals surface area (Å²) < 4.78 is 7.88. The van der Waals surface area contributed by atoms with Gasteiger partial charge in [0.25, 0.3) is 0 Å². The summed E-state index contributed by atoms with van der Waals surface area (Å²) in [6.45, 7) is 4.69. The highest BCUT2D eigenvalue weighted by Gasteiger charge is 2.38. The van der Waals surface area contributed by atoms with Crippen molar-refractivity contribution >= 4 is 40.2 Å². The monoisotopic (exact) mass is 431 g/mol. The van der Waals surface area contributed by atoms with Gasteiger partial charge >= 0.3 is 6.03 Å². The van der Waals surface area contributed by atoms with Crippen LogP contribution in [-0.4, -0.2) is 39.4 Å². The van der Waals surface area contributed by atoms with Crippen molar-refractivity contribution in [1.29, 1.82) is 0 Å². The van der Waals surface area contributed by atoms with Gasteiger partial charge in [0.05, 0.1) is 12.1 Å². The molecule has 0 bridgehead atoms. The van der Waals surface area contributed by atoms with Crippen LogP contribution < -0.4 is 0 Å². The van der Waals surface area contributed by atoms with E-state index in [1.54, 1.807) is 4.90 Å². The van der Waals surface area contributed by atoms with Crippen LogP contribution in [0, 0.1) is 3.57 Å². The molecule has 1 aromatic heterocycles. The van der Waals surface area contributed by atoms with Gasteiger partial charge in [-0.3, -0.25) is 4.90 Å². The van der Waals surface area contributed by atoms with Gasteiger partial charge in [-0.15, -0.1) is 0 Å². The fourth-order valence-corrected chi connectivity index (χ4v) is 2.99. The van der Waals surface area contributed by atoms with Gasteiger partial charge in [-0.25, -0.2) is 14.3 Å². The van der Waals surface area contributed by atoms with Crippen molar-refractivity contribution in [2.24, 2.45) is 0 Å². The topological polar surface area (TPSA) is 47.4 Å². The van der Waals surface area contributed by atoms with Crippen molar-refractivity contribution in [2.75, 3.05) is 13.3 Å². The minimum Gasteiger partial charge on any atom is -0.359 e. The van der Waals surface area contributed by atoms with Crippen LogP contribution in [0.15, 0.2) is 30.6 Å². The Morgan fingerprint density at radius 3 is 2.64 bits per heavy atom. The Morgan fingerprint density at radius 1 is 1.36 bits per heavy atom. The maximum Gasteiger partial charge on any atom is 0.332 e. The molecule has 0 N–H and O–H groups in total. The van der Waals surface area contributed by atoms with Crippen LogP contribution in [0.2, 0.25) is 5.15 Å². The van der Waals surface area contributed by atoms with E-state index in [4.69, 9.17) is 16.3 Å². The smallest absolute Gasteiger partial charge is 0.332 e. The number of halogens is 2. The van der Waals surface area contributed by atoms with Gasteiger partial charge in [0.2, 0.25) is 0 Å². The predicted molar refractivity (Wildman–Crippen MR) is 92.9 cm³/mol. The first-order valence-corrected chi connectivity index (χ1v) is 8.24. The lowest BCUT2D eigenvalue weighted by atomic mass is 10.1. The van der Waals surface area contributed by atoms with Crippen LogP contribution >= 0.6 is 34.2 Å². The second kappa shape index (κ2) is 5.82. The molecule has 0 radical (unpaired) electrons. The Bertz CT molecular complexity index is 712. The fourth-order valence-electron chi connectivity index (χ4n) is 2.35. The summed E-state index contributed by atoms with van der Waals surface area (Å²) in [7, 11) is 0. The number of amides is 1. The molecule has 2 aromatic rings. The maximum atomic E-state index is 12.7. The van der Waals surface area contributed by atoms with Crippen LogP contribution in [0.5, 0.6) is 0 Å². The van der Waals surface area contributed by atoms with Gasteiger partial charge in [0, 0.05) is 9.13 Å². The molecule has 2 heterocycles. The summed E-state index contributed by atoms with van der Waals surface area (Å²) in [6, 6.07) is 7.60. The highest BCUT2D eigenvalue weighted by atomic mass is 127. The second-order valence-electron chi connectivity index (χ2n) is 5.76. The number of ether oxygens (including phenoxy) is 1. The highest BCUT2D eigenvalue weighted by molar-refractivity contribution is 14.1. The second-order valence-corrected chi connectivity index (χ2v) is 7.37. The van der Waals surface area contributed by atoms with Crippen LogP contribution in [0.25, 0.3) is 11.3 Å². The normalized spacial score (nSPS) is 17.0. The van der Waals surface area contributed by atoms with Crippen molar-refractivity contribution in [1.82, 2.24) is 14.5 Å². The number of carbonyl (C=O) groups is 1. The zero-order valence-electron chi connectivity index (χ0n) is 12.2. The molecule has 22 heavy (non-hydrogen) atoms. The first-order valence-electron chi connectivity index (χ1n) is 6.79. The van der Waals surface area contributed by atoms with Crippen molar-refractivity contribution in [2.45, 2.75) is 19.4 Å². The van der Waals surface area contributed by atoms with Crippen LogP contribution in [0.3, 0.4) is 0 Å². The fraction of sp³-hybridized carbons (Fsp3) is 0.333. The number of hydrogen-bond donors (Lipinski definition) is 0. The van der Waals surface area contributed by atoms with Gasteiger partial charge in [0.15, 0.2) is 0 Å². The Kier molecular flexibility index (Phi) is 4.17. The minimum absolute atomic E-state index is 0.225. The molecule has 0 atom stereocenters. The van der Waals surface area contributed by atoms with E-state index >= 15 is 0 Å². The molecule has 1 aliphatic heterocycles. The number of hydrogen-bond acceptors (Lipinski definition) is 3. The molecule has 5 nitrogen and oxygen atoms in total. The first kappa shape index (κ1) is 15.8. The van der Waals surface area contributed by atoms with Gasteiger partial charge in [-0.1, -0.05) is 23.7 Å². The third kappa shape index (κ3) is 2.75. The number of rotatable bonds is 1. The average molecular weight is 432 g/mol. The number of benzene rings is 1.